The summed E-state index contributed by atoms with van der Waals surface area (Å²) in [7, 11) is 0. The van der Waals surface area contributed by atoms with Crippen LogP contribution in [-0.4, -0.2) is 33.5 Å². The Kier molecular flexibility index (Phi) is 9.82. The van der Waals surface area contributed by atoms with Gasteiger partial charge in [-0.1, -0.05) is 64.3 Å². The van der Waals surface area contributed by atoms with Gasteiger partial charge in [-0.25, -0.2) is 14.4 Å². The monoisotopic (exact) mass is 577 g/mol. The van der Waals surface area contributed by atoms with Gasteiger partial charge in [0.05, 0.1) is 5.52 Å². The summed E-state index contributed by atoms with van der Waals surface area (Å²) in [4.78, 5) is 19.5. The Labute approximate surface area is 252 Å². The number of hydrogen-bond acceptors (Lipinski definition) is 4. The molecule has 5 aromatic heterocycles. The van der Waals surface area contributed by atoms with Gasteiger partial charge < -0.3 is 15.2 Å². The third kappa shape index (κ3) is 7.11. The number of carbonyl (C=O) groups excluding carboxylic acids is 1. The van der Waals surface area contributed by atoms with Crippen LogP contribution in [0.4, 0.5) is 10.2 Å². The van der Waals surface area contributed by atoms with Gasteiger partial charge in [0.25, 0.3) is 0 Å². The molecule has 0 saturated heterocycles. The van der Waals surface area contributed by atoms with Crippen LogP contribution in [0.15, 0.2) is 79.4 Å². The minimum Gasteiger partial charge on any atom is -0.369 e. The summed E-state index contributed by atoms with van der Waals surface area (Å²) in [6, 6.07) is 21.8. The van der Waals surface area contributed by atoms with Crippen LogP contribution in [0, 0.1) is 5.82 Å². The Morgan fingerprint density at radius 2 is 1.72 bits per heavy atom. The first-order valence-corrected chi connectivity index (χ1v) is 15.3. The average Bonchev–Trinajstić information content (AvgIpc) is 3.55. The molecule has 222 valence electrons. The van der Waals surface area contributed by atoms with Crippen molar-refractivity contribution >= 4 is 44.6 Å². The lowest BCUT2D eigenvalue weighted by Crippen LogP contribution is -2.21. The molecule has 1 aliphatic heterocycles. The second-order valence-corrected chi connectivity index (χ2v) is 11.0. The lowest BCUT2D eigenvalue weighted by molar-refractivity contribution is -0.116. The van der Waals surface area contributed by atoms with E-state index in [1.165, 1.54) is 66.4 Å². The molecule has 2 aliphatic rings. The quantitative estimate of drug-likeness (QED) is 0.113. The molecule has 0 saturated carbocycles. The number of aromatic nitrogens is 3. The molecular formula is C36H40FN5O. The lowest BCUT2D eigenvalue weighted by Gasteiger charge is -2.15. The maximum Gasteiger partial charge on any atom is 0.243 e. The smallest absolute Gasteiger partial charge is 0.243 e. The normalized spacial score (nSPS) is 11.2. The van der Waals surface area contributed by atoms with E-state index in [1.54, 1.807) is 12.1 Å². The second-order valence-electron chi connectivity index (χ2n) is 11.0. The molecule has 0 fully saturated rings. The van der Waals surface area contributed by atoms with Crippen molar-refractivity contribution in [2.75, 3.05) is 18.4 Å². The van der Waals surface area contributed by atoms with Gasteiger partial charge in [-0.15, -0.1) is 0 Å². The SMILES string of the molecule is C=CC(=O)NCCCCC.CCCCCNc1nc2nc3ccc2cc13.Fc1cccc(Cn2c3cc4cc-3ccc42)c1. The van der Waals surface area contributed by atoms with Crippen molar-refractivity contribution in [2.24, 2.45) is 0 Å². The number of fused-ring (bicyclic) bond motifs is 3. The van der Waals surface area contributed by atoms with E-state index in [2.05, 4.69) is 88.1 Å². The van der Waals surface area contributed by atoms with Crippen LogP contribution in [0.2, 0.25) is 0 Å². The van der Waals surface area contributed by atoms with E-state index >= 15 is 0 Å². The predicted molar refractivity (Wildman–Crippen MR) is 177 cm³/mol. The summed E-state index contributed by atoms with van der Waals surface area (Å²) in [6.07, 6.45) is 8.45. The van der Waals surface area contributed by atoms with Crippen LogP contribution < -0.4 is 10.6 Å². The van der Waals surface area contributed by atoms with Gasteiger partial charge in [-0.3, -0.25) is 4.79 Å². The lowest BCUT2D eigenvalue weighted by atomic mass is 10.1. The molecule has 0 spiro atoms. The zero-order chi connectivity index (χ0) is 30.2. The molecule has 1 aliphatic carbocycles. The largest absolute Gasteiger partial charge is 0.369 e. The summed E-state index contributed by atoms with van der Waals surface area (Å²) in [5, 5.41) is 9.70. The number of nitrogens with one attached hydrogen (secondary N) is 2. The van der Waals surface area contributed by atoms with Gasteiger partial charge in [0.15, 0.2) is 5.65 Å². The molecule has 3 aromatic carbocycles. The number of unbranched alkanes of at least 4 members (excludes halogenated alkanes) is 4. The maximum absolute atomic E-state index is 13.1. The first-order chi connectivity index (χ1) is 21.0. The third-order valence-corrected chi connectivity index (χ3v) is 7.72. The molecule has 6 nitrogen and oxygen atoms in total. The molecule has 8 aromatic rings. The predicted octanol–water partition coefficient (Wildman–Crippen LogP) is 8.55. The Balaban J connectivity index is 0.000000134. The Bertz CT molecular complexity index is 1790. The van der Waals surface area contributed by atoms with E-state index in [0.717, 1.165) is 59.4 Å². The highest BCUT2D eigenvalue weighted by molar-refractivity contribution is 6.02. The van der Waals surface area contributed by atoms with Crippen molar-refractivity contribution < 1.29 is 9.18 Å². The minimum absolute atomic E-state index is 0.0731. The molecule has 8 bridgehead atoms. The molecule has 0 radical (unpaired) electrons. The molecule has 6 heterocycles. The fourth-order valence-electron chi connectivity index (χ4n) is 5.43. The Hall–Kier alpha value is -4.52. The van der Waals surface area contributed by atoms with Crippen molar-refractivity contribution in [3.63, 3.8) is 0 Å². The number of nitrogens with zero attached hydrogens (tertiary/aromatic N) is 3. The van der Waals surface area contributed by atoms with Gasteiger partial charge in [0.1, 0.15) is 11.6 Å². The van der Waals surface area contributed by atoms with Crippen molar-refractivity contribution in [1.29, 1.82) is 0 Å². The first kappa shape index (κ1) is 30.0. The van der Waals surface area contributed by atoms with Crippen molar-refractivity contribution in [3.8, 4) is 11.3 Å². The first-order valence-electron chi connectivity index (χ1n) is 15.3. The van der Waals surface area contributed by atoms with E-state index in [4.69, 9.17) is 0 Å². The van der Waals surface area contributed by atoms with E-state index in [0.29, 0.717) is 0 Å². The average molecular weight is 578 g/mol. The van der Waals surface area contributed by atoms with Crippen molar-refractivity contribution in [3.05, 3.63) is 90.8 Å². The molecule has 2 N–H and O–H groups in total. The summed E-state index contributed by atoms with van der Waals surface area (Å²) >= 11 is 0. The van der Waals surface area contributed by atoms with Gasteiger partial charge in [-0.2, -0.15) is 0 Å². The summed E-state index contributed by atoms with van der Waals surface area (Å²) < 4.78 is 15.4. The fraction of sp³-hybridized carbons (Fsp3) is 0.306. The minimum atomic E-state index is -0.168. The topological polar surface area (TPSA) is 71.8 Å². The summed E-state index contributed by atoms with van der Waals surface area (Å²) in [6.45, 7) is 10.2. The number of halogens is 1. The molecule has 7 heteroatoms. The highest BCUT2D eigenvalue weighted by Gasteiger charge is 2.18. The van der Waals surface area contributed by atoms with Crippen LogP contribution in [0.25, 0.3) is 44.1 Å². The number of benzene rings is 3. The van der Waals surface area contributed by atoms with E-state index in [9.17, 15) is 9.18 Å². The van der Waals surface area contributed by atoms with Gasteiger partial charge in [-0.05, 0) is 78.6 Å². The van der Waals surface area contributed by atoms with E-state index < -0.39 is 0 Å². The van der Waals surface area contributed by atoms with Crippen molar-refractivity contribution in [2.45, 2.75) is 58.9 Å². The fourth-order valence-corrected chi connectivity index (χ4v) is 5.43. The highest BCUT2D eigenvalue weighted by Crippen LogP contribution is 2.37. The number of hydrogen-bond donors (Lipinski definition) is 2. The molecule has 1 amide bonds. The molecule has 43 heavy (non-hydrogen) atoms. The highest BCUT2D eigenvalue weighted by atomic mass is 19.1. The second kappa shape index (κ2) is 14.1. The Morgan fingerprint density at radius 1 is 0.907 bits per heavy atom. The standard InChI is InChI=1S/C15H10FN.C13H15N3.C8H15NO/c16-13-3-1-2-10(6-13)9-17-14-5-4-11-7-12(14)8-15(11)17;1-2-3-4-7-14-13-10-8-9-5-6-11(10)15-12(9)16-13;1-3-5-6-7-9-8(10)4-2/h1-8H,9H2;5-6,8H,2-4,7H2,1H3,(H,14,15,16);4H,2-3,5-7H2,1H3,(H,9,10). The summed E-state index contributed by atoms with van der Waals surface area (Å²) in [5.74, 6) is 0.763. The molecule has 0 atom stereocenters. The van der Waals surface area contributed by atoms with Crippen LogP contribution in [0.5, 0.6) is 0 Å². The van der Waals surface area contributed by atoms with E-state index in [-0.39, 0.29) is 11.7 Å². The van der Waals surface area contributed by atoms with Crippen LogP contribution in [0.1, 0.15) is 57.9 Å². The van der Waals surface area contributed by atoms with Gasteiger partial charge in [0.2, 0.25) is 5.91 Å². The Morgan fingerprint density at radius 3 is 2.37 bits per heavy atom. The maximum atomic E-state index is 13.1. The van der Waals surface area contributed by atoms with E-state index in [1.807, 2.05) is 6.07 Å². The van der Waals surface area contributed by atoms with Crippen LogP contribution >= 0.6 is 0 Å². The van der Waals surface area contributed by atoms with Crippen molar-refractivity contribution in [1.82, 2.24) is 19.9 Å². The molecule has 10 rings (SSSR count). The number of pyridine rings is 5. The van der Waals surface area contributed by atoms with Crippen LogP contribution in [0.3, 0.4) is 0 Å². The number of amides is 1. The third-order valence-electron chi connectivity index (χ3n) is 7.72. The van der Waals surface area contributed by atoms with Gasteiger partial charge >= 0.3 is 0 Å². The zero-order valence-electron chi connectivity index (χ0n) is 25.1. The molecular weight excluding hydrogens is 537 g/mol. The zero-order valence-corrected chi connectivity index (χ0v) is 25.1. The number of anilines is 1. The van der Waals surface area contributed by atoms with Crippen LogP contribution in [-0.2, 0) is 11.3 Å². The summed E-state index contributed by atoms with van der Waals surface area (Å²) in [5.41, 5.74) is 6.68. The van der Waals surface area contributed by atoms with Gasteiger partial charge in [0, 0.05) is 47.0 Å². The molecule has 0 unspecified atom stereocenters. The number of rotatable bonds is 12. The number of carbonyl (C=O) groups is 1.